The Morgan fingerprint density at radius 2 is 1.85 bits per heavy atom. The molecule has 2 saturated heterocycles. The second-order valence-electron chi connectivity index (χ2n) is 8.56. The summed E-state index contributed by atoms with van der Waals surface area (Å²) >= 11 is 0. The number of pyridine rings is 1. The fourth-order valence-electron chi connectivity index (χ4n) is 4.61. The molecule has 1 aromatic heterocycles. The van der Waals surface area contributed by atoms with Gasteiger partial charge in [0, 0.05) is 19.2 Å². The van der Waals surface area contributed by atoms with Crippen LogP contribution >= 0.6 is 0 Å². The predicted molar refractivity (Wildman–Crippen MR) is 121 cm³/mol. The number of benzene rings is 1. The maximum atomic E-state index is 13.3. The van der Waals surface area contributed by atoms with Crippen molar-refractivity contribution in [2.45, 2.75) is 44.4 Å². The Morgan fingerprint density at radius 3 is 2.65 bits per heavy atom. The van der Waals surface area contributed by atoms with Crippen LogP contribution in [0.3, 0.4) is 0 Å². The van der Waals surface area contributed by atoms with Gasteiger partial charge in [0.05, 0.1) is 16.8 Å². The number of imide groups is 2. The number of carbonyl (C=O) groups excluding carboxylic acids is 4. The van der Waals surface area contributed by atoms with E-state index in [9.17, 15) is 19.2 Å². The molecule has 0 aliphatic carbocycles. The minimum Gasteiger partial charge on any atom is -0.473 e. The van der Waals surface area contributed by atoms with E-state index < -0.39 is 29.7 Å². The van der Waals surface area contributed by atoms with Crippen molar-refractivity contribution < 1.29 is 23.9 Å². The topological polar surface area (TPSA) is 130 Å². The van der Waals surface area contributed by atoms with Gasteiger partial charge in [-0.2, -0.15) is 0 Å². The molecule has 3 aliphatic rings. The van der Waals surface area contributed by atoms with E-state index in [1.807, 2.05) is 6.07 Å². The van der Waals surface area contributed by atoms with Crippen molar-refractivity contribution >= 4 is 29.3 Å². The van der Waals surface area contributed by atoms with E-state index in [-0.39, 0.29) is 36.6 Å². The van der Waals surface area contributed by atoms with E-state index in [1.165, 1.54) is 0 Å². The van der Waals surface area contributed by atoms with E-state index in [4.69, 9.17) is 4.74 Å². The number of piperidine rings is 2. The van der Waals surface area contributed by atoms with Crippen LogP contribution in [0.15, 0.2) is 36.5 Å². The first-order valence-corrected chi connectivity index (χ1v) is 11.4. The normalized spacial score (nSPS) is 20.8. The number of carbonyl (C=O) groups is 4. The quantitative estimate of drug-likeness (QED) is 0.546. The zero-order valence-electron chi connectivity index (χ0n) is 18.5. The molecule has 3 aliphatic heterocycles. The number of aromatic nitrogens is 1. The third kappa shape index (κ3) is 4.12. The first-order chi connectivity index (χ1) is 16.5. The van der Waals surface area contributed by atoms with Crippen molar-refractivity contribution in [3.8, 4) is 5.88 Å². The standard InChI is InChI=1S/C24H25N5O5/c30-19-7-6-18(21(31)28-19)29-23(32)16-4-1-3-14(20(16)24(29)33)13-27-17-5-2-10-26-22(17)34-15-8-11-25-12-9-15/h1-5,10,15,18,25,27H,6-9,11-13H2,(H,28,30,31). The summed E-state index contributed by atoms with van der Waals surface area (Å²) in [6.07, 6.45) is 3.75. The van der Waals surface area contributed by atoms with Gasteiger partial charge in [-0.05, 0) is 56.1 Å². The molecule has 2 aromatic rings. The van der Waals surface area contributed by atoms with Crippen LogP contribution in [0.25, 0.3) is 0 Å². The van der Waals surface area contributed by atoms with Gasteiger partial charge in [0.1, 0.15) is 12.1 Å². The van der Waals surface area contributed by atoms with Crippen LogP contribution in [0, 0.1) is 0 Å². The molecule has 176 valence electrons. The highest BCUT2D eigenvalue weighted by Crippen LogP contribution is 2.31. The third-order valence-corrected chi connectivity index (χ3v) is 6.36. The van der Waals surface area contributed by atoms with Gasteiger partial charge in [-0.25, -0.2) is 4.98 Å². The van der Waals surface area contributed by atoms with E-state index >= 15 is 0 Å². The molecule has 10 heteroatoms. The van der Waals surface area contributed by atoms with Crippen LogP contribution in [0.2, 0.25) is 0 Å². The zero-order valence-corrected chi connectivity index (χ0v) is 18.5. The summed E-state index contributed by atoms with van der Waals surface area (Å²) in [7, 11) is 0. The van der Waals surface area contributed by atoms with Gasteiger partial charge in [-0.1, -0.05) is 12.1 Å². The summed E-state index contributed by atoms with van der Waals surface area (Å²) in [6, 6.07) is 7.73. The molecule has 5 rings (SSSR count). The maximum Gasteiger partial charge on any atom is 0.262 e. The highest BCUT2D eigenvalue weighted by atomic mass is 16.5. The molecule has 3 N–H and O–H groups in total. The summed E-state index contributed by atoms with van der Waals surface area (Å²) in [5, 5.41) is 8.80. The van der Waals surface area contributed by atoms with Gasteiger partial charge in [-0.3, -0.25) is 29.4 Å². The summed E-state index contributed by atoms with van der Waals surface area (Å²) in [6.45, 7) is 2.06. The summed E-state index contributed by atoms with van der Waals surface area (Å²) in [5.74, 6) is -1.58. The Bertz CT molecular complexity index is 1160. The van der Waals surface area contributed by atoms with Crippen molar-refractivity contribution in [1.29, 1.82) is 0 Å². The molecule has 0 saturated carbocycles. The van der Waals surface area contributed by atoms with Crippen LogP contribution in [0.4, 0.5) is 5.69 Å². The number of fused-ring (bicyclic) bond motifs is 1. The Hall–Kier alpha value is -3.79. The van der Waals surface area contributed by atoms with Gasteiger partial charge in [0.15, 0.2) is 0 Å². The fraction of sp³-hybridized carbons (Fsp3) is 0.375. The highest BCUT2D eigenvalue weighted by Gasteiger charge is 2.45. The molecule has 4 amide bonds. The largest absolute Gasteiger partial charge is 0.473 e. The Labute approximate surface area is 196 Å². The smallest absolute Gasteiger partial charge is 0.262 e. The molecular formula is C24H25N5O5. The lowest BCUT2D eigenvalue weighted by Crippen LogP contribution is -2.54. The van der Waals surface area contributed by atoms with E-state index in [0.29, 0.717) is 17.1 Å². The highest BCUT2D eigenvalue weighted by molar-refractivity contribution is 6.24. The molecule has 1 unspecified atom stereocenters. The van der Waals surface area contributed by atoms with Crippen LogP contribution < -0.4 is 20.7 Å². The molecule has 4 heterocycles. The maximum absolute atomic E-state index is 13.3. The van der Waals surface area contributed by atoms with Gasteiger partial charge < -0.3 is 15.4 Å². The average Bonchev–Trinajstić information content (AvgIpc) is 3.10. The first-order valence-electron chi connectivity index (χ1n) is 11.4. The average molecular weight is 463 g/mol. The number of nitrogens with zero attached hydrogens (tertiary/aromatic N) is 2. The van der Waals surface area contributed by atoms with Gasteiger partial charge in [-0.15, -0.1) is 0 Å². The summed E-state index contributed by atoms with van der Waals surface area (Å²) in [5.41, 5.74) is 1.85. The second-order valence-corrected chi connectivity index (χ2v) is 8.56. The molecule has 10 nitrogen and oxygen atoms in total. The SMILES string of the molecule is O=C1CCC(N2C(=O)c3cccc(CNc4cccnc4OC4CCNCC4)c3C2=O)C(=O)N1. The van der Waals surface area contributed by atoms with E-state index in [1.54, 1.807) is 30.5 Å². The molecule has 2 fully saturated rings. The minimum absolute atomic E-state index is 0.0824. The molecule has 1 atom stereocenters. The van der Waals surface area contributed by atoms with Crippen molar-refractivity contribution in [1.82, 2.24) is 20.5 Å². The second kappa shape index (κ2) is 9.22. The number of anilines is 1. The Kier molecular flexibility index (Phi) is 5.97. The zero-order chi connectivity index (χ0) is 23.7. The summed E-state index contributed by atoms with van der Waals surface area (Å²) in [4.78, 5) is 55.4. The number of amides is 4. The summed E-state index contributed by atoms with van der Waals surface area (Å²) < 4.78 is 6.11. The van der Waals surface area contributed by atoms with Crippen LogP contribution in [0.1, 0.15) is 52.0 Å². The van der Waals surface area contributed by atoms with Crippen molar-refractivity contribution in [2.24, 2.45) is 0 Å². The molecule has 1 aromatic carbocycles. The van der Waals surface area contributed by atoms with Crippen LogP contribution in [-0.2, 0) is 16.1 Å². The van der Waals surface area contributed by atoms with Crippen LogP contribution in [0.5, 0.6) is 5.88 Å². The number of rotatable bonds is 6. The third-order valence-electron chi connectivity index (χ3n) is 6.36. The molecule has 34 heavy (non-hydrogen) atoms. The molecule has 0 bridgehead atoms. The number of hydrogen-bond donors (Lipinski definition) is 3. The van der Waals surface area contributed by atoms with Gasteiger partial charge in [0.2, 0.25) is 17.7 Å². The number of hydrogen-bond acceptors (Lipinski definition) is 8. The van der Waals surface area contributed by atoms with E-state index in [2.05, 4.69) is 20.9 Å². The van der Waals surface area contributed by atoms with Crippen LogP contribution in [-0.4, -0.2) is 58.7 Å². The molecule has 0 spiro atoms. The molecule has 0 radical (unpaired) electrons. The van der Waals surface area contributed by atoms with Crippen molar-refractivity contribution in [2.75, 3.05) is 18.4 Å². The van der Waals surface area contributed by atoms with E-state index in [0.717, 1.165) is 30.8 Å². The number of ether oxygens (including phenoxy) is 1. The van der Waals surface area contributed by atoms with Crippen molar-refractivity contribution in [3.05, 3.63) is 53.2 Å². The predicted octanol–water partition coefficient (Wildman–Crippen LogP) is 1.23. The minimum atomic E-state index is -0.991. The van der Waals surface area contributed by atoms with Crippen molar-refractivity contribution in [3.63, 3.8) is 0 Å². The molecular weight excluding hydrogens is 438 g/mol. The van der Waals surface area contributed by atoms with Gasteiger partial charge in [0.25, 0.3) is 11.8 Å². The lowest BCUT2D eigenvalue weighted by atomic mass is 10.0. The first kappa shape index (κ1) is 22.0. The van der Waals surface area contributed by atoms with Gasteiger partial charge >= 0.3 is 0 Å². The number of nitrogens with one attached hydrogen (secondary N) is 3. The Morgan fingerprint density at radius 1 is 1.03 bits per heavy atom. The monoisotopic (exact) mass is 463 g/mol. The fourth-order valence-corrected chi connectivity index (χ4v) is 4.61. The Balaban J connectivity index is 1.35. The lowest BCUT2D eigenvalue weighted by Gasteiger charge is -2.27. The lowest BCUT2D eigenvalue weighted by molar-refractivity contribution is -0.136.